The van der Waals surface area contributed by atoms with Gasteiger partial charge >= 0.3 is 0 Å². The summed E-state index contributed by atoms with van der Waals surface area (Å²) in [6.07, 6.45) is 1.35. The fourth-order valence-corrected chi connectivity index (χ4v) is 6.98. The Morgan fingerprint density at radius 2 is 1.75 bits per heavy atom. The van der Waals surface area contributed by atoms with E-state index in [4.69, 9.17) is 4.74 Å². The topological polar surface area (TPSA) is 75.7 Å². The molecule has 36 heavy (non-hydrogen) atoms. The van der Waals surface area contributed by atoms with E-state index in [1.165, 1.54) is 10.4 Å². The molecule has 0 aliphatic carbocycles. The Kier molecular flexibility index (Phi) is 8.82. The quantitative estimate of drug-likeness (QED) is 0.333. The summed E-state index contributed by atoms with van der Waals surface area (Å²) in [6.45, 7) is 0.904. The number of hydrogen-bond donors (Lipinski definition) is 1. The summed E-state index contributed by atoms with van der Waals surface area (Å²) in [5.74, 6) is -0.139. The second-order valence-corrected chi connectivity index (χ2v) is 12.2. The van der Waals surface area contributed by atoms with E-state index in [1.807, 2.05) is 18.2 Å². The monoisotopic (exact) mass is 638 g/mol. The van der Waals surface area contributed by atoms with Gasteiger partial charge in [0.2, 0.25) is 15.9 Å². The zero-order valence-electron chi connectivity index (χ0n) is 19.3. The first kappa shape index (κ1) is 26.8. The lowest BCUT2D eigenvalue weighted by atomic mass is 9.97. The highest BCUT2D eigenvalue weighted by Crippen LogP contribution is 2.31. The van der Waals surface area contributed by atoms with Crippen LogP contribution in [-0.2, 0) is 21.2 Å². The van der Waals surface area contributed by atoms with Crippen molar-refractivity contribution < 1.29 is 22.3 Å². The maximum absolute atomic E-state index is 14.4. The fraction of sp³-hybridized carbons (Fsp3) is 0.269. The summed E-state index contributed by atoms with van der Waals surface area (Å²) in [6, 6.07) is 18.8. The Balaban J connectivity index is 1.26. The maximum atomic E-state index is 14.4. The van der Waals surface area contributed by atoms with Crippen molar-refractivity contribution in [3.8, 4) is 11.5 Å². The molecule has 0 radical (unpaired) electrons. The lowest BCUT2D eigenvalue weighted by molar-refractivity contribution is -0.126. The van der Waals surface area contributed by atoms with E-state index in [0.717, 1.165) is 5.56 Å². The van der Waals surface area contributed by atoms with Gasteiger partial charge in [-0.1, -0.05) is 40.2 Å². The predicted molar refractivity (Wildman–Crippen MR) is 143 cm³/mol. The number of nitrogens with one attached hydrogen (secondary N) is 1. The molecular formula is C26H25Br2FN2O4S. The molecule has 0 bridgehead atoms. The molecule has 0 unspecified atom stereocenters. The molecule has 1 N–H and O–H groups in total. The Morgan fingerprint density at radius 3 is 2.44 bits per heavy atom. The van der Waals surface area contributed by atoms with Crippen molar-refractivity contribution in [1.82, 2.24) is 9.62 Å². The van der Waals surface area contributed by atoms with Gasteiger partial charge in [-0.2, -0.15) is 4.31 Å². The molecule has 1 saturated heterocycles. The summed E-state index contributed by atoms with van der Waals surface area (Å²) in [7, 11) is -3.67. The van der Waals surface area contributed by atoms with Crippen LogP contribution in [0.4, 0.5) is 4.39 Å². The number of sulfonamides is 1. The number of para-hydroxylation sites is 1. The first-order valence-corrected chi connectivity index (χ1v) is 14.5. The van der Waals surface area contributed by atoms with E-state index >= 15 is 0 Å². The molecule has 3 aromatic rings. The Bertz CT molecular complexity index is 1330. The number of rotatable bonds is 8. The number of benzene rings is 3. The Morgan fingerprint density at radius 1 is 1.03 bits per heavy atom. The van der Waals surface area contributed by atoms with Crippen LogP contribution in [0.2, 0.25) is 0 Å². The van der Waals surface area contributed by atoms with Crippen molar-refractivity contribution >= 4 is 47.8 Å². The van der Waals surface area contributed by atoms with E-state index in [0.29, 0.717) is 40.5 Å². The van der Waals surface area contributed by atoms with Crippen LogP contribution >= 0.6 is 31.9 Å². The molecule has 10 heteroatoms. The normalized spacial score (nSPS) is 15.0. The lowest BCUT2D eigenvalue weighted by Crippen LogP contribution is -2.43. The Labute approximate surface area is 227 Å². The SMILES string of the molecule is O=C(NCCc1ccc(Oc2ccccc2)c(F)c1)C1CCN(S(=O)(=O)c2cc(Br)ccc2Br)CC1. The van der Waals surface area contributed by atoms with Gasteiger partial charge in [-0.3, -0.25) is 4.79 Å². The summed E-state index contributed by atoms with van der Waals surface area (Å²) in [5.41, 5.74) is 0.744. The average molecular weight is 640 g/mol. The number of carbonyl (C=O) groups is 1. The predicted octanol–water partition coefficient (Wildman–Crippen LogP) is 5.90. The van der Waals surface area contributed by atoms with Gasteiger partial charge in [0.1, 0.15) is 5.75 Å². The van der Waals surface area contributed by atoms with E-state index in [2.05, 4.69) is 37.2 Å². The van der Waals surface area contributed by atoms with Gasteiger partial charge in [0, 0.05) is 34.5 Å². The van der Waals surface area contributed by atoms with Crippen LogP contribution in [0.3, 0.4) is 0 Å². The zero-order valence-corrected chi connectivity index (χ0v) is 23.3. The molecular weight excluding hydrogens is 615 g/mol. The Hall–Kier alpha value is -2.27. The fourth-order valence-electron chi connectivity index (χ4n) is 4.04. The van der Waals surface area contributed by atoms with Crippen LogP contribution in [0, 0.1) is 11.7 Å². The largest absolute Gasteiger partial charge is 0.454 e. The van der Waals surface area contributed by atoms with Crippen molar-refractivity contribution in [3.05, 3.63) is 87.1 Å². The third kappa shape index (κ3) is 6.53. The van der Waals surface area contributed by atoms with Crippen LogP contribution in [0.5, 0.6) is 11.5 Å². The average Bonchev–Trinajstić information content (AvgIpc) is 2.87. The van der Waals surface area contributed by atoms with Crippen LogP contribution in [-0.4, -0.2) is 38.3 Å². The van der Waals surface area contributed by atoms with Crippen LogP contribution in [0.25, 0.3) is 0 Å². The molecule has 1 heterocycles. The number of halogens is 3. The number of carbonyl (C=O) groups excluding carboxylic acids is 1. The van der Waals surface area contributed by atoms with Gasteiger partial charge in [0.05, 0.1) is 4.90 Å². The maximum Gasteiger partial charge on any atom is 0.244 e. The highest BCUT2D eigenvalue weighted by Gasteiger charge is 2.33. The summed E-state index contributed by atoms with van der Waals surface area (Å²) in [4.78, 5) is 12.9. The van der Waals surface area contributed by atoms with Gasteiger partial charge in [-0.15, -0.1) is 0 Å². The number of nitrogens with zero attached hydrogens (tertiary/aromatic N) is 1. The minimum atomic E-state index is -3.67. The summed E-state index contributed by atoms with van der Waals surface area (Å²) in [5, 5.41) is 2.90. The van der Waals surface area contributed by atoms with Gasteiger partial charge in [0.25, 0.3) is 0 Å². The van der Waals surface area contributed by atoms with Crippen LogP contribution in [0.15, 0.2) is 80.6 Å². The number of piperidine rings is 1. The second kappa shape index (κ2) is 11.9. The van der Waals surface area contributed by atoms with Gasteiger partial charge in [-0.05, 0) is 83.2 Å². The molecule has 1 amide bonds. The molecule has 0 atom stereocenters. The summed E-state index contributed by atoms with van der Waals surface area (Å²) >= 11 is 6.64. The smallest absolute Gasteiger partial charge is 0.244 e. The van der Waals surface area contributed by atoms with Crippen molar-refractivity contribution in [1.29, 1.82) is 0 Å². The third-order valence-corrected chi connectivity index (χ3v) is 9.40. The highest BCUT2D eigenvalue weighted by molar-refractivity contribution is 9.11. The van der Waals surface area contributed by atoms with Crippen LogP contribution in [0.1, 0.15) is 18.4 Å². The number of hydrogen-bond acceptors (Lipinski definition) is 4. The minimum Gasteiger partial charge on any atom is -0.454 e. The molecule has 0 spiro atoms. The molecule has 1 aliphatic heterocycles. The van der Waals surface area contributed by atoms with Gasteiger partial charge in [0.15, 0.2) is 11.6 Å². The van der Waals surface area contributed by atoms with E-state index in [-0.39, 0.29) is 35.6 Å². The second-order valence-electron chi connectivity index (χ2n) is 8.47. The standard InChI is InChI=1S/C26H25Br2FN2O4S/c27-20-7-8-22(28)25(17-20)36(33,34)31-14-11-19(12-15-31)26(32)30-13-10-18-6-9-24(23(29)16-18)35-21-4-2-1-3-5-21/h1-9,16-17,19H,10-15H2,(H,30,32). The van der Waals surface area contributed by atoms with Crippen molar-refractivity contribution in [2.24, 2.45) is 5.92 Å². The van der Waals surface area contributed by atoms with E-state index in [1.54, 1.807) is 42.5 Å². The molecule has 6 nitrogen and oxygen atoms in total. The van der Waals surface area contributed by atoms with Gasteiger partial charge < -0.3 is 10.1 Å². The first-order valence-electron chi connectivity index (χ1n) is 11.5. The molecule has 0 saturated carbocycles. The highest BCUT2D eigenvalue weighted by atomic mass is 79.9. The van der Waals surface area contributed by atoms with Gasteiger partial charge in [-0.25, -0.2) is 12.8 Å². The van der Waals surface area contributed by atoms with Crippen LogP contribution < -0.4 is 10.1 Å². The van der Waals surface area contributed by atoms with E-state index in [9.17, 15) is 17.6 Å². The molecule has 1 aliphatic rings. The zero-order chi connectivity index (χ0) is 25.7. The lowest BCUT2D eigenvalue weighted by Gasteiger charge is -2.30. The molecule has 1 fully saturated rings. The molecule has 190 valence electrons. The van der Waals surface area contributed by atoms with Crippen molar-refractivity contribution in [3.63, 3.8) is 0 Å². The van der Waals surface area contributed by atoms with Crippen molar-refractivity contribution in [2.75, 3.05) is 19.6 Å². The minimum absolute atomic E-state index is 0.111. The van der Waals surface area contributed by atoms with Crippen molar-refractivity contribution in [2.45, 2.75) is 24.2 Å². The molecule has 0 aromatic heterocycles. The molecule has 3 aromatic carbocycles. The first-order chi connectivity index (χ1) is 17.2. The number of ether oxygens (including phenoxy) is 1. The molecule has 4 rings (SSSR count). The van der Waals surface area contributed by atoms with E-state index < -0.39 is 15.8 Å². The summed E-state index contributed by atoms with van der Waals surface area (Å²) < 4.78 is 48.7. The number of amides is 1. The third-order valence-electron chi connectivity index (χ3n) is 6.02.